The molecule has 0 heterocycles. The number of hydrogen-bond donors (Lipinski definition) is 1. The molecule has 0 bridgehead atoms. The Kier molecular flexibility index (Phi) is 3.59. The summed E-state index contributed by atoms with van der Waals surface area (Å²) in [7, 11) is -4.47. The molecule has 0 aliphatic heterocycles. The van der Waals surface area contributed by atoms with Crippen molar-refractivity contribution in [2.45, 2.75) is 4.90 Å². The molecule has 0 spiro atoms. The SMILES string of the molecule is O=S(=O)(O)c1ccccc1[N+]([O-])=Nc1ccccc1. The standard InChI is InChI=1S/C12H10N2O4S/c15-14(13-10-6-2-1-3-7-10)11-8-4-5-9-12(11)19(16,17)18/h1-9H,(H,16,17,18). The van der Waals surface area contributed by atoms with E-state index in [2.05, 4.69) is 5.11 Å². The van der Waals surface area contributed by atoms with E-state index in [4.69, 9.17) is 4.55 Å². The predicted molar refractivity (Wildman–Crippen MR) is 68.1 cm³/mol. The Bertz CT molecular complexity index is 712. The van der Waals surface area contributed by atoms with Crippen LogP contribution >= 0.6 is 0 Å². The summed E-state index contributed by atoms with van der Waals surface area (Å²) in [6.07, 6.45) is 0. The number of para-hydroxylation sites is 1. The molecule has 2 aromatic carbocycles. The summed E-state index contributed by atoms with van der Waals surface area (Å²) < 4.78 is 31.4. The van der Waals surface area contributed by atoms with Gasteiger partial charge in [-0.3, -0.25) is 4.55 Å². The van der Waals surface area contributed by atoms with E-state index >= 15 is 0 Å². The molecule has 7 heteroatoms. The van der Waals surface area contributed by atoms with Crippen molar-refractivity contribution in [1.29, 1.82) is 0 Å². The van der Waals surface area contributed by atoms with Gasteiger partial charge in [-0.05, 0) is 23.1 Å². The maximum absolute atomic E-state index is 11.9. The van der Waals surface area contributed by atoms with E-state index in [1.54, 1.807) is 30.3 Å². The first-order valence-electron chi connectivity index (χ1n) is 5.29. The molecule has 19 heavy (non-hydrogen) atoms. The minimum absolute atomic E-state index is 0.165. The van der Waals surface area contributed by atoms with E-state index in [9.17, 15) is 13.6 Å². The Labute approximate surface area is 110 Å². The smallest absolute Gasteiger partial charge is 0.301 e. The van der Waals surface area contributed by atoms with Gasteiger partial charge >= 0.3 is 10.1 Å². The molecular formula is C12H10N2O4S. The largest absolute Gasteiger partial charge is 0.594 e. The first kappa shape index (κ1) is 13.2. The topological polar surface area (TPSA) is 92.8 Å². The van der Waals surface area contributed by atoms with Gasteiger partial charge in [0, 0.05) is 11.2 Å². The average Bonchev–Trinajstić information content (AvgIpc) is 2.39. The molecule has 0 amide bonds. The number of azo groups is 1. The lowest BCUT2D eigenvalue weighted by molar-refractivity contribution is -0.438. The molecule has 6 nitrogen and oxygen atoms in total. The van der Waals surface area contributed by atoms with Gasteiger partial charge in [-0.1, -0.05) is 30.3 Å². The van der Waals surface area contributed by atoms with Crippen LogP contribution in [0.4, 0.5) is 11.4 Å². The lowest BCUT2D eigenvalue weighted by atomic mass is 10.3. The highest BCUT2D eigenvalue weighted by Crippen LogP contribution is 2.24. The Hall–Kier alpha value is -2.25. The summed E-state index contributed by atoms with van der Waals surface area (Å²) in [5.41, 5.74) is 0.136. The van der Waals surface area contributed by atoms with Crippen LogP contribution in [0, 0.1) is 5.21 Å². The average molecular weight is 278 g/mol. The van der Waals surface area contributed by atoms with Gasteiger partial charge in [-0.25, -0.2) is 0 Å². The van der Waals surface area contributed by atoms with Crippen LogP contribution in [-0.2, 0) is 10.1 Å². The van der Waals surface area contributed by atoms with Gasteiger partial charge in [0.2, 0.25) is 0 Å². The molecule has 2 aromatic rings. The minimum atomic E-state index is -4.47. The summed E-state index contributed by atoms with van der Waals surface area (Å²) in [6.45, 7) is 0. The second kappa shape index (κ2) is 5.17. The molecular weight excluding hydrogens is 268 g/mol. The van der Waals surface area contributed by atoms with E-state index in [1.807, 2.05) is 0 Å². The van der Waals surface area contributed by atoms with Gasteiger partial charge < -0.3 is 5.21 Å². The quantitative estimate of drug-likeness (QED) is 0.404. The molecule has 0 unspecified atom stereocenters. The van der Waals surface area contributed by atoms with E-state index < -0.39 is 15.0 Å². The molecule has 0 aromatic heterocycles. The van der Waals surface area contributed by atoms with Gasteiger partial charge in [-0.15, -0.1) is 0 Å². The highest BCUT2D eigenvalue weighted by molar-refractivity contribution is 7.86. The molecule has 0 fully saturated rings. The number of rotatable bonds is 3. The monoisotopic (exact) mass is 278 g/mol. The van der Waals surface area contributed by atoms with E-state index in [0.717, 1.165) is 6.07 Å². The van der Waals surface area contributed by atoms with Crippen molar-refractivity contribution in [3.63, 3.8) is 0 Å². The third-order valence-electron chi connectivity index (χ3n) is 2.31. The molecule has 0 radical (unpaired) electrons. The molecule has 1 N–H and O–H groups in total. The van der Waals surface area contributed by atoms with Gasteiger partial charge in [0.1, 0.15) is 5.69 Å². The van der Waals surface area contributed by atoms with Gasteiger partial charge in [0.25, 0.3) is 5.69 Å². The van der Waals surface area contributed by atoms with E-state index in [1.165, 1.54) is 18.2 Å². The van der Waals surface area contributed by atoms with E-state index in [-0.39, 0.29) is 10.5 Å². The second-order valence-corrected chi connectivity index (χ2v) is 5.04. The first-order valence-corrected chi connectivity index (χ1v) is 6.73. The van der Waals surface area contributed by atoms with Crippen molar-refractivity contribution >= 4 is 21.5 Å². The highest BCUT2D eigenvalue weighted by Gasteiger charge is 2.21. The molecule has 0 saturated carbocycles. The Morgan fingerprint density at radius 2 is 1.58 bits per heavy atom. The lowest BCUT2D eigenvalue weighted by Crippen LogP contribution is -2.03. The predicted octanol–water partition coefficient (Wildman–Crippen LogP) is 2.86. The van der Waals surface area contributed by atoms with Crippen LogP contribution in [0.25, 0.3) is 0 Å². The van der Waals surface area contributed by atoms with Crippen molar-refractivity contribution in [2.75, 3.05) is 0 Å². The number of hydrogen-bond acceptors (Lipinski definition) is 4. The fourth-order valence-corrected chi connectivity index (χ4v) is 2.15. The lowest BCUT2D eigenvalue weighted by Gasteiger charge is -2.03. The zero-order chi connectivity index (χ0) is 13.9. The summed E-state index contributed by atoms with van der Waals surface area (Å²) in [4.78, 5) is -0.317. The normalized spacial score (nSPS) is 12.4. The molecule has 2 rings (SSSR count). The van der Waals surface area contributed by atoms with Crippen LogP contribution in [0.1, 0.15) is 0 Å². The molecule has 0 saturated heterocycles. The summed E-state index contributed by atoms with van der Waals surface area (Å²) >= 11 is 0. The third-order valence-corrected chi connectivity index (χ3v) is 3.21. The maximum atomic E-state index is 11.9. The molecule has 0 aliphatic carbocycles. The fraction of sp³-hybridized carbons (Fsp3) is 0. The zero-order valence-corrected chi connectivity index (χ0v) is 10.5. The van der Waals surface area contributed by atoms with Crippen molar-refractivity contribution < 1.29 is 17.8 Å². The summed E-state index contributed by atoms with van der Waals surface area (Å²) in [6, 6.07) is 13.6. The minimum Gasteiger partial charge on any atom is -0.594 e. The van der Waals surface area contributed by atoms with Crippen LogP contribution in [0.5, 0.6) is 0 Å². The van der Waals surface area contributed by atoms with Gasteiger partial charge in [-0.2, -0.15) is 8.42 Å². The van der Waals surface area contributed by atoms with Crippen molar-refractivity contribution in [3.05, 3.63) is 59.8 Å². The fourth-order valence-electron chi connectivity index (χ4n) is 1.49. The van der Waals surface area contributed by atoms with Crippen LogP contribution in [0.3, 0.4) is 0 Å². The van der Waals surface area contributed by atoms with Crippen molar-refractivity contribution in [3.8, 4) is 0 Å². The molecule has 98 valence electrons. The van der Waals surface area contributed by atoms with Crippen LogP contribution < -0.4 is 0 Å². The number of benzene rings is 2. The van der Waals surface area contributed by atoms with E-state index in [0.29, 0.717) is 5.69 Å². The molecule has 0 atom stereocenters. The Balaban J connectivity index is 2.52. The van der Waals surface area contributed by atoms with Crippen LogP contribution in [-0.4, -0.2) is 17.8 Å². The van der Waals surface area contributed by atoms with Crippen LogP contribution in [0.2, 0.25) is 0 Å². The Morgan fingerprint density at radius 1 is 1.00 bits per heavy atom. The maximum Gasteiger partial charge on any atom is 0.301 e. The summed E-state index contributed by atoms with van der Waals surface area (Å²) in [5, 5.41) is 15.6. The van der Waals surface area contributed by atoms with Crippen molar-refractivity contribution in [1.82, 2.24) is 0 Å². The van der Waals surface area contributed by atoms with Gasteiger partial charge in [0.15, 0.2) is 4.90 Å². The van der Waals surface area contributed by atoms with Crippen molar-refractivity contribution in [2.24, 2.45) is 5.11 Å². The molecule has 0 aliphatic rings. The highest BCUT2D eigenvalue weighted by atomic mass is 32.2. The zero-order valence-electron chi connectivity index (χ0n) is 9.67. The number of nitrogens with zero attached hydrogens (tertiary/aromatic N) is 2. The Morgan fingerprint density at radius 3 is 2.21 bits per heavy atom. The third kappa shape index (κ3) is 3.15. The summed E-state index contributed by atoms with van der Waals surface area (Å²) in [5.74, 6) is 0. The van der Waals surface area contributed by atoms with Gasteiger partial charge in [0.05, 0.1) is 0 Å². The first-order chi connectivity index (χ1) is 8.98. The van der Waals surface area contributed by atoms with Crippen LogP contribution in [0.15, 0.2) is 64.6 Å². The second-order valence-electron chi connectivity index (χ2n) is 3.65.